The summed E-state index contributed by atoms with van der Waals surface area (Å²) >= 11 is -1.45. The van der Waals surface area contributed by atoms with Crippen molar-refractivity contribution in [2.24, 2.45) is 5.92 Å². The second-order valence-corrected chi connectivity index (χ2v) is 12.6. The van der Waals surface area contributed by atoms with Gasteiger partial charge >= 0.3 is 5.97 Å². The molecule has 0 bridgehead atoms. The summed E-state index contributed by atoms with van der Waals surface area (Å²) in [5.41, 5.74) is 5.80. The van der Waals surface area contributed by atoms with Gasteiger partial charge in [0.1, 0.15) is 11.6 Å². The van der Waals surface area contributed by atoms with Crippen molar-refractivity contribution < 1.29 is 27.1 Å². The molecule has 2 heterocycles. The van der Waals surface area contributed by atoms with Gasteiger partial charge in [-0.1, -0.05) is 35.9 Å². The molecule has 1 aliphatic carbocycles. The van der Waals surface area contributed by atoms with E-state index in [1.807, 2.05) is 31.2 Å². The van der Waals surface area contributed by atoms with E-state index in [9.17, 15) is 17.9 Å². The average Bonchev–Trinajstić information content (AvgIpc) is 3.56. The number of rotatable bonds is 10. The van der Waals surface area contributed by atoms with Gasteiger partial charge in [0, 0.05) is 28.5 Å². The summed E-state index contributed by atoms with van der Waals surface area (Å²) in [4.78, 5) is 16.5. The molecule has 1 saturated carbocycles. The summed E-state index contributed by atoms with van der Waals surface area (Å²) in [6, 6.07) is 16.5. The van der Waals surface area contributed by atoms with Crippen LogP contribution in [0.5, 0.6) is 0 Å². The van der Waals surface area contributed by atoms with Crippen molar-refractivity contribution >= 4 is 28.4 Å². The van der Waals surface area contributed by atoms with Gasteiger partial charge in [0.05, 0.1) is 22.9 Å². The van der Waals surface area contributed by atoms with E-state index in [2.05, 4.69) is 4.98 Å². The molecule has 0 amide bonds. The van der Waals surface area contributed by atoms with E-state index in [4.69, 9.17) is 9.84 Å². The first kappa shape index (κ1) is 30.0. The Balaban J connectivity index is 1.52. The first-order chi connectivity index (χ1) is 21.2. The Morgan fingerprint density at radius 3 is 2.50 bits per heavy atom. The largest absolute Gasteiger partial charge is 0.768 e. The molecule has 3 aromatic carbocycles. The highest BCUT2D eigenvalue weighted by molar-refractivity contribution is 7.79. The number of halogens is 2. The molecule has 0 radical (unpaired) electrons. The number of hydrogen-bond acceptors (Lipinski definition) is 7. The Bertz CT molecular complexity index is 1880. The summed E-state index contributed by atoms with van der Waals surface area (Å²) in [5, 5.41) is 7.09. The minimum Gasteiger partial charge on any atom is -0.768 e. The van der Waals surface area contributed by atoms with Gasteiger partial charge in [-0.25, -0.2) is 23.2 Å². The number of benzene rings is 3. The second-order valence-electron chi connectivity index (χ2n) is 10.8. The molecule has 7 nitrogen and oxygen atoms in total. The Morgan fingerprint density at radius 2 is 1.82 bits per heavy atom. The van der Waals surface area contributed by atoms with E-state index in [1.165, 1.54) is 29.5 Å². The summed E-state index contributed by atoms with van der Waals surface area (Å²) in [7, 11) is 0. The Hall–Kier alpha value is -4.06. The predicted octanol–water partition coefficient (Wildman–Crippen LogP) is 7.21. The molecule has 1 unspecified atom stereocenters. The van der Waals surface area contributed by atoms with Crippen LogP contribution in [0.2, 0.25) is 0 Å². The van der Waals surface area contributed by atoms with Crippen LogP contribution < -0.4 is 0 Å². The topological polar surface area (TPSA) is 97.1 Å². The van der Waals surface area contributed by atoms with Crippen molar-refractivity contribution in [3.05, 3.63) is 106 Å². The number of esters is 1. The molecular weight excluding hydrogens is 605 g/mol. The minimum atomic E-state index is -2.70. The summed E-state index contributed by atoms with van der Waals surface area (Å²) in [6.07, 6.45) is 3.03. The zero-order valence-corrected chi connectivity index (χ0v) is 25.6. The highest BCUT2D eigenvalue weighted by atomic mass is 32.2. The third-order valence-electron chi connectivity index (χ3n) is 7.59. The lowest BCUT2D eigenvalue weighted by Gasteiger charge is -2.12. The van der Waals surface area contributed by atoms with Crippen LogP contribution in [-0.2, 0) is 28.7 Å². The lowest BCUT2D eigenvalue weighted by atomic mass is 9.94. The van der Waals surface area contributed by atoms with Gasteiger partial charge in [-0.15, -0.1) is 11.3 Å². The third kappa shape index (κ3) is 6.26. The van der Waals surface area contributed by atoms with Crippen LogP contribution in [0.15, 0.2) is 70.9 Å². The fraction of sp³-hybridized carbons (Fsp3) is 0.242. The third-order valence-corrected chi connectivity index (χ3v) is 9.09. The van der Waals surface area contributed by atoms with E-state index in [0.717, 1.165) is 35.2 Å². The fourth-order valence-corrected chi connectivity index (χ4v) is 6.31. The van der Waals surface area contributed by atoms with Crippen LogP contribution in [0, 0.1) is 24.5 Å². The molecule has 6 rings (SSSR count). The summed E-state index contributed by atoms with van der Waals surface area (Å²) in [5.74, 6) is -1.31. The van der Waals surface area contributed by atoms with Gasteiger partial charge in [0.2, 0.25) is 5.13 Å². The molecule has 2 aromatic heterocycles. The van der Waals surface area contributed by atoms with Crippen LogP contribution in [0.3, 0.4) is 0 Å². The lowest BCUT2D eigenvalue weighted by Crippen LogP contribution is -2.08. The Kier molecular flexibility index (Phi) is 8.53. The zero-order chi connectivity index (χ0) is 31.0. The predicted molar refractivity (Wildman–Crippen MR) is 164 cm³/mol. The second kappa shape index (κ2) is 12.5. The maximum Gasteiger partial charge on any atom is 0.357 e. The van der Waals surface area contributed by atoms with Gasteiger partial charge in [-0.2, -0.15) is 5.10 Å². The first-order valence-electron chi connectivity index (χ1n) is 14.2. The smallest absolute Gasteiger partial charge is 0.357 e. The fourth-order valence-electron chi connectivity index (χ4n) is 5.15. The molecule has 44 heavy (non-hydrogen) atoms. The Labute approximate surface area is 259 Å². The Morgan fingerprint density at radius 1 is 1.07 bits per heavy atom. The molecule has 1 aliphatic rings. The number of aryl methyl sites for hydroxylation is 1. The number of ether oxygens (including phenoxy) is 1. The van der Waals surface area contributed by atoms with Crippen LogP contribution in [0.4, 0.5) is 8.78 Å². The minimum absolute atomic E-state index is 0.175. The maximum absolute atomic E-state index is 15.2. The van der Waals surface area contributed by atoms with Crippen LogP contribution >= 0.6 is 11.3 Å². The van der Waals surface area contributed by atoms with E-state index in [-0.39, 0.29) is 24.5 Å². The quantitative estimate of drug-likeness (QED) is 0.119. The van der Waals surface area contributed by atoms with Gasteiger partial charge in [-0.3, -0.25) is 4.21 Å². The molecule has 0 N–H and O–H groups in total. The van der Waals surface area contributed by atoms with Gasteiger partial charge in [-0.05, 0) is 91.6 Å². The van der Waals surface area contributed by atoms with Gasteiger partial charge < -0.3 is 9.29 Å². The van der Waals surface area contributed by atoms with E-state index in [1.54, 1.807) is 35.2 Å². The number of carbonyl (C=O) groups is 1. The van der Waals surface area contributed by atoms with Crippen LogP contribution in [0.1, 0.15) is 52.6 Å². The number of nitrogens with zero attached hydrogens (tertiary/aromatic N) is 3. The first-order valence-corrected chi connectivity index (χ1v) is 16.2. The normalized spacial score (nSPS) is 13.7. The van der Waals surface area contributed by atoms with E-state index >= 15 is 4.39 Å². The molecule has 0 aliphatic heterocycles. The van der Waals surface area contributed by atoms with Crippen molar-refractivity contribution in [3.63, 3.8) is 0 Å². The molecule has 11 heteroatoms. The number of aromatic nitrogens is 3. The molecule has 1 atom stereocenters. The van der Waals surface area contributed by atoms with Crippen LogP contribution in [-0.4, -0.2) is 36.1 Å². The van der Waals surface area contributed by atoms with Crippen molar-refractivity contribution in [3.8, 4) is 27.5 Å². The molecule has 5 aromatic rings. The lowest BCUT2D eigenvalue weighted by molar-refractivity contribution is 0.0520. The molecular formula is C33H28F2N3O4S2-. The number of thiazole rings is 1. The maximum atomic E-state index is 15.2. The molecule has 226 valence electrons. The van der Waals surface area contributed by atoms with Crippen molar-refractivity contribution in [2.75, 3.05) is 6.61 Å². The molecule has 1 fully saturated rings. The molecule has 0 spiro atoms. The van der Waals surface area contributed by atoms with Gasteiger partial charge in [0.25, 0.3) is 0 Å². The SMILES string of the molecule is CCOC(=O)c1csc(-n2nc(-c3ccc(F)c(-c4ccc(C)cc4)c3)c(Cc3ccc(S(=O)[O-])c(F)c3)c2CC2CC2)n1. The molecule has 0 saturated heterocycles. The van der Waals surface area contributed by atoms with Crippen molar-refractivity contribution in [2.45, 2.75) is 44.4 Å². The van der Waals surface area contributed by atoms with E-state index in [0.29, 0.717) is 39.9 Å². The summed E-state index contributed by atoms with van der Waals surface area (Å²) in [6.45, 7) is 3.91. The van der Waals surface area contributed by atoms with Gasteiger partial charge in [0.15, 0.2) is 5.69 Å². The summed E-state index contributed by atoms with van der Waals surface area (Å²) < 4.78 is 59.7. The van der Waals surface area contributed by atoms with E-state index < -0.39 is 27.8 Å². The van der Waals surface area contributed by atoms with Crippen molar-refractivity contribution in [1.29, 1.82) is 0 Å². The highest BCUT2D eigenvalue weighted by Crippen LogP contribution is 2.39. The zero-order valence-electron chi connectivity index (χ0n) is 24.0. The van der Waals surface area contributed by atoms with Crippen LogP contribution in [0.25, 0.3) is 27.5 Å². The number of hydrogen-bond donors (Lipinski definition) is 0. The monoisotopic (exact) mass is 632 g/mol. The highest BCUT2D eigenvalue weighted by Gasteiger charge is 2.30. The standard InChI is InChI=1S/C33H29F2N3O4S2/c1-3-42-32(39)28-18-43-33(36-28)38-29(16-20-6-7-20)25(14-21-8-13-30(44(40)41)27(35)15-21)31(37-38)23-11-12-26(34)24(17-23)22-9-4-19(2)5-10-22/h4-5,8-13,15,17-18,20H,3,6-7,14,16H2,1-2H3,(H,40,41)/p-1. The van der Waals surface area contributed by atoms with Crippen molar-refractivity contribution in [1.82, 2.24) is 14.8 Å². The number of carbonyl (C=O) groups excluding carboxylic acids is 1. The average molecular weight is 633 g/mol.